The average molecular weight is 408 g/mol. The van der Waals surface area contributed by atoms with Gasteiger partial charge in [0.15, 0.2) is 0 Å². The predicted octanol–water partition coefficient (Wildman–Crippen LogP) is 1.95. The number of rotatable bonds is 7. The number of benzene rings is 2. The van der Waals surface area contributed by atoms with Crippen molar-refractivity contribution in [2.75, 3.05) is 33.7 Å². The first-order valence-corrected chi connectivity index (χ1v) is 10.8. The molecule has 1 heterocycles. The van der Waals surface area contributed by atoms with Crippen molar-refractivity contribution in [2.45, 2.75) is 17.8 Å². The normalized spacial score (nSPS) is 25.5. The second-order valence-electron chi connectivity index (χ2n) is 7.08. The van der Waals surface area contributed by atoms with Crippen LogP contribution in [0, 0.1) is 5.92 Å². The summed E-state index contributed by atoms with van der Waals surface area (Å²) in [6.45, 7) is -2.33. The Hall–Kier alpha value is -1.93. The molecule has 0 spiro atoms. The van der Waals surface area contributed by atoms with E-state index in [1.165, 1.54) is 11.4 Å². The van der Waals surface area contributed by atoms with Gasteiger partial charge in [0.25, 0.3) is 0 Å². The summed E-state index contributed by atoms with van der Waals surface area (Å²) >= 11 is 0. The van der Waals surface area contributed by atoms with Crippen LogP contribution in [-0.2, 0) is 21.4 Å². The van der Waals surface area contributed by atoms with Gasteiger partial charge in [0.1, 0.15) is 5.75 Å². The molecule has 0 saturated carbocycles. The van der Waals surface area contributed by atoms with E-state index in [1.54, 1.807) is 48.5 Å². The number of ether oxygens (including phenoxy) is 1. The topological polar surface area (TPSA) is 78.9 Å². The lowest BCUT2D eigenvalue weighted by Crippen LogP contribution is -2.54. The molecule has 0 radical (unpaired) electrons. The van der Waals surface area contributed by atoms with E-state index in [4.69, 9.17) is 8.85 Å². The van der Waals surface area contributed by atoms with Crippen molar-refractivity contribution in [1.82, 2.24) is 9.62 Å². The van der Waals surface area contributed by atoms with E-state index in [0.29, 0.717) is 16.9 Å². The van der Waals surface area contributed by atoms with Crippen molar-refractivity contribution in [3.8, 4) is 5.75 Å². The monoisotopic (exact) mass is 407 g/mol. The van der Waals surface area contributed by atoms with Crippen LogP contribution in [0.3, 0.4) is 0 Å². The highest BCUT2D eigenvalue weighted by Gasteiger charge is 2.45. The van der Waals surface area contributed by atoms with Gasteiger partial charge in [-0.1, -0.05) is 42.5 Å². The number of methoxy groups -OCH3 is 1. The van der Waals surface area contributed by atoms with Crippen LogP contribution in [0.25, 0.3) is 0 Å². The van der Waals surface area contributed by atoms with Crippen molar-refractivity contribution in [1.29, 1.82) is 0 Å². The number of piperidine rings is 1. The molecule has 6 nitrogen and oxygen atoms in total. The zero-order chi connectivity index (χ0) is 22.7. The van der Waals surface area contributed by atoms with Crippen LogP contribution in [0.4, 0.5) is 0 Å². The fraction of sp³-hybridized carbons (Fsp3) is 0.429. The Morgan fingerprint density at radius 1 is 1.29 bits per heavy atom. The minimum Gasteiger partial charge on any atom is -0.497 e. The third-order valence-electron chi connectivity index (χ3n) is 5.35. The molecule has 2 atom stereocenters. The van der Waals surface area contributed by atoms with Gasteiger partial charge in [0.05, 0.1) is 18.5 Å². The first-order chi connectivity index (χ1) is 14.5. The lowest BCUT2D eigenvalue weighted by molar-refractivity contribution is -0.0614. The van der Waals surface area contributed by atoms with E-state index < -0.39 is 28.5 Å². The number of nitrogens with one attached hydrogen (secondary N) is 1. The first kappa shape index (κ1) is 17.0. The van der Waals surface area contributed by atoms with E-state index in [0.717, 1.165) is 0 Å². The third-order valence-corrected chi connectivity index (χ3v) is 7.16. The zero-order valence-electron chi connectivity index (χ0n) is 18.8. The average Bonchev–Trinajstić information content (AvgIpc) is 2.73. The molecule has 2 aromatic rings. The van der Waals surface area contributed by atoms with Crippen LogP contribution in [-0.4, -0.2) is 51.5 Å². The van der Waals surface area contributed by atoms with E-state index >= 15 is 0 Å². The fourth-order valence-electron chi connectivity index (χ4n) is 3.75. The maximum absolute atomic E-state index is 13.0. The summed E-state index contributed by atoms with van der Waals surface area (Å²) in [6.07, 6.45) is 0.140. The molecule has 2 aromatic carbocycles. The molecule has 0 amide bonds. The van der Waals surface area contributed by atoms with Gasteiger partial charge < -0.3 is 15.2 Å². The number of aliphatic hydroxyl groups is 1. The molecule has 2 N–H and O–H groups in total. The highest BCUT2D eigenvalue weighted by molar-refractivity contribution is 7.88. The summed E-state index contributed by atoms with van der Waals surface area (Å²) in [6, 6.07) is 15.8. The summed E-state index contributed by atoms with van der Waals surface area (Å²) in [7, 11) is -2.12. The largest absolute Gasteiger partial charge is 0.497 e. The van der Waals surface area contributed by atoms with Crippen LogP contribution >= 0.6 is 0 Å². The van der Waals surface area contributed by atoms with Crippen LogP contribution < -0.4 is 10.1 Å². The first-order valence-electron chi connectivity index (χ1n) is 10.7. The third kappa shape index (κ3) is 4.38. The number of hydrogen-bond acceptors (Lipinski definition) is 5. The lowest BCUT2D eigenvalue weighted by Gasteiger charge is -2.44. The molecule has 0 aliphatic carbocycles. The van der Waals surface area contributed by atoms with Crippen molar-refractivity contribution in [3.63, 3.8) is 0 Å². The smallest absolute Gasteiger partial charge is 0.218 e. The molecular formula is C21H28N2O4S. The van der Waals surface area contributed by atoms with Crippen LogP contribution in [0.1, 0.15) is 21.7 Å². The predicted molar refractivity (Wildman–Crippen MR) is 110 cm³/mol. The highest BCUT2D eigenvalue weighted by Crippen LogP contribution is 2.39. The summed E-state index contributed by atoms with van der Waals surface area (Å²) in [4.78, 5) is 0. The second-order valence-corrected chi connectivity index (χ2v) is 9.05. The van der Waals surface area contributed by atoms with Gasteiger partial charge in [-0.25, -0.2) is 12.7 Å². The Morgan fingerprint density at radius 3 is 2.79 bits per heavy atom. The van der Waals surface area contributed by atoms with Crippen LogP contribution in [0.2, 0.25) is 0 Å². The number of nitrogens with zero attached hydrogens (tertiary/aromatic N) is 1. The molecule has 0 aromatic heterocycles. The summed E-state index contributed by atoms with van der Waals surface area (Å²) in [5.41, 5.74) is -0.149. The Morgan fingerprint density at radius 2 is 2.07 bits per heavy atom. The molecule has 7 heteroatoms. The summed E-state index contributed by atoms with van der Waals surface area (Å²) < 4.78 is 55.1. The van der Waals surface area contributed by atoms with Gasteiger partial charge in [-0.2, -0.15) is 0 Å². The highest BCUT2D eigenvalue weighted by atomic mass is 32.2. The molecule has 3 rings (SSSR count). The Balaban J connectivity index is 1.87. The van der Waals surface area contributed by atoms with Crippen LogP contribution in [0.15, 0.2) is 54.6 Å². The molecule has 28 heavy (non-hydrogen) atoms. The molecule has 1 fully saturated rings. The molecule has 0 bridgehead atoms. The van der Waals surface area contributed by atoms with E-state index in [9.17, 15) is 13.5 Å². The van der Waals surface area contributed by atoms with Gasteiger partial charge in [0.2, 0.25) is 10.0 Å². The molecule has 1 saturated heterocycles. The fourth-order valence-corrected chi connectivity index (χ4v) is 5.32. The van der Waals surface area contributed by atoms with Crippen molar-refractivity contribution in [3.05, 3.63) is 65.7 Å². The van der Waals surface area contributed by atoms with Gasteiger partial charge in [-0.15, -0.1) is 0 Å². The Labute approximate surface area is 171 Å². The van der Waals surface area contributed by atoms with E-state index in [1.807, 2.05) is 6.07 Å². The molecule has 1 aliphatic rings. The maximum atomic E-state index is 13.0. The number of hydrogen-bond donors (Lipinski definition) is 2. The molecule has 152 valence electrons. The molecule has 0 unspecified atom stereocenters. The Bertz CT molecular complexity index is 986. The minimum atomic E-state index is -3.64. The molecule has 1 aliphatic heterocycles. The van der Waals surface area contributed by atoms with Gasteiger partial charge >= 0.3 is 0 Å². The SMILES string of the molecule is [2H]C([2H])([2H])NC[C@@H]1CN(S(=O)(=O)Cc2ccccc2)CC[C@@]1(O)c1cccc(OC)c1. The zero-order valence-corrected chi connectivity index (χ0v) is 16.7. The quantitative estimate of drug-likeness (QED) is 0.734. The summed E-state index contributed by atoms with van der Waals surface area (Å²) in [5.74, 6) is -0.253. The standard InChI is InChI=1S/C21H28N2O4S/c1-22-14-19-15-23(28(25,26)16-17-7-4-3-5-8-17)12-11-21(19,24)18-9-6-10-20(13-18)27-2/h3-10,13,19,22,24H,11-12,14-16H2,1-2H3/t19-,21-/m1/s1/i1D3. The minimum absolute atomic E-state index is 0.00591. The van der Waals surface area contributed by atoms with Crippen molar-refractivity contribution >= 4 is 10.0 Å². The summed E-state index contributed by atoms with van der Waals surface area (Å²) in [5, 5.41) is 14.0. The Kier molecular flexibility index (Phi) is 5.22. The van der Waals surface area contributed by atoms with Crippen molar-refractivity contribution < 1.29 is 22.4 Å². The van der Waals surface area contributed by atoms with Crippen molar-refractivity contribution in [2.24, 2.45) is 5.92 Å². The van der Waals surface area contributed by atoms with Gasteiger partial charge in [0, 0.05) is 29.7 Å². The maximum Gasteiger partial charge on any atom is 0.218 e. The number of sulfonamides is 1. The van der Waals surface area contributed by atoms with E-state index in [2.05, 4.69) is 5.32 Å². The molecular weight excluding hydrogens is 376 g/mol. The lowest BCUT2D eigenvalue weighted by atomic mass is 9.76. The van der Waals surface area contributed by atoms with Crippen LogP contribution in [0.5, 0.6) is 5.75 Å². The van der Waals surface area contributed by atoms with Gasteiger partial charge in [-0.05, 0) is 36.7 Å². The second kappa shape index (κ2) is 8.61. The van der Waals surface area contributed by atoms with E-state index in [-0.39, 0.29) is 31.8 Å². The van der Waals surface area contributed by atoms with Gasteiger partial charge in [-0.3, -0.25) is 0 Å².